The van der Waals surface area contributed by atoms with E-state index in [-0.39, 0.29) is 12.5 Å². The van der Waals surface area contributed by atoms with Gasteiger partial charge in [-0.25, -0.2) is 0 Å². The maximum absolute atomic E-state index is 11.3. The van der Waals surface area contributed by atoms with Crippen molar-refractivity contribution in [2.24, 2.45) is 0 Å². The lowest BCUT2D eigenvalue weighted by atomic mass is 10.1. The van der Waals surface area contributed by atoms with Gasteiger partial charge in [-0.05, 0) is 19.1 Å². The largest absolute Gasteiger partial charge is 0.495 e. The summed E-state index contributed by atoms with van der Waals surface area (Å²) in [6.07, 6.45) is 0. The van der Waals surface area contributed by atoms with Gasteiger partial charge < -0.3 is 15.2 Å². The first-order valence-corrected chi connectivity index (χ1v) is 7.75. The zero-order valence-corrected chi connectivity index (χ0v) is 14.7. The molecular formula is C15H20Cl2N2O4. The van der Waals surface area contributed by atoms with Crippen molar-refractivity contribution >= 4 is 35.1 Å². The fraction of sp³-hybridized carbons (Fsp3) is 0.467. The third kappa shape index (κ3) is 5.89. The molecule has 1 atom stereocenters. The molecule has 1 rings (SSSR count). The SMILES string of the molecule is COc1c(Cl)cc(Cl)cc1CN(CCNC(C)=O)C(C)C(=O)O. The highest BCUT2D eigenvalue weighted by Crippen LogP contribution is 2.33. The van der Waals surface area contributed by atoms with E-state index in [0.717, 1.165) is 0 Å². The molecule has 128 valence electrons. The van der Waals surface area contributed by atoms with Crippen LogP contribution < -0.4 is 10.1 Å². The predicted octanol–water partition coefficient (Wildman–Crippen LogP) is 2.41. The molecule has 1 aromatic rings. The molecule has 0 fully saturated rings. The van der Waals surface area contributed by atoms with Crippen LogP contribution >= 0.6 is 23.2 Å². The maximum atomic E-state index is 11.3. The number of nitrogens with zero attached hydrogens (tertiary/aromatic N) is 1. The lowest BCUT2D eigenvalue weighted by Gasteiger charge is -2.27. The number of rotatable bonds is 8. The number of methoxy groups -OCH3 is 1. The molecule has 0 aromatic heterocycles. The molecule has 0 heterocycles. The fourth-order valence-corrected chi connectivity index (χ4v) is 2.73. The second-order valence-corrected chi connectivity index (χ2v) is 5.89. The lowest BCUT2D eigenvalue weighted by Crippen LogP contribution is -2.42. The Morgan fingerprint density at radius 3 is 2.57 bits per heavy atom. The molecule has 6 nitrogen and oxygen atoms in total. The van der Waals surface area contributed by atoms with Crippen LogP contribution in [-0.4, -0.2) is 48.1 Å². The highest BCUT2D eigenvalue weighted by molar-refractivity contribution is 6.35. The Bertz CT molecular complexity index is 581. The van der Waals surface area contributed by atoms with Crippen LogP contribution in [0.5, 0.6) is 5.75 Å². The van der Waals surface area contributed by atoms with E-state index in [4.69, 9.17) is 27.9 Å². The third-order valence-electron chi connectivity index (χ3n) is 3.34. The molecule has 0 aliphatic rings. The van der Waals surface area contributed by atoms with Crippen LogP contribution in [0.15, 0.2) is 12.1 Å². The number of benzene rings is 1. The molecule has 1 aromatic carbocycles. The van der Waals surface area contributed by atoms with Crippen molar-refractivity contribution in [3.8, 4) is 5.75 Å². The number of hydrogen-bond acceptors (Lipinski definition) is 4. The van der Waals surface area contributed by atoms with Crippen LogP contribution in [-0.2, 0) is 16.1 Å². The Morgan fingerprint density at radius 2 is 2.04 bits per heavy atom. The summed E-state index contributed by atoms with van der Waals surface area (Å²) in [6.45, 7) is 3.96. The van der Waals surface area contributed by atoms with Crippen molar-refractivity contribution in [3.05, 3.63) is 27.7 Å². The quantitative estimate of drug-likeness (QED) is 0.742. The van der Waals surface area contributed by atoms with Crippen LogP contribution in [0.4, 0.5) is 0 Å². The van der Waals surface area contributed by atoms with Gasteiger partial charge >= 0.3 is 5.97 Å². The minimum Gasteiger partial charge on any atom is -0.495 e. The summed E-state index contributed by atoms with van der Waals surface area (Å²) < 4.78 is 5.28. The van der Waals surface area contributed by atoms with Crippen molar-refractivity contribution in [1.29, 1.82) is 0 Å². The molecule has 0 saturated carbocycles. The van der Waals surface area contributed by atoms with E-state index in [2.05, 4.69) is 5.32 Å². The van der Waals surface area contributed by atoms with Crippen LogP contribution in [0.3, 0.4) is 0 Å². The number of carbonyl (C=O) groups excluding carboxylic acids is 1. The Kier molecular flexibility index (Phi) is 7.61. The Balaban J connectivity index is 3.00. The predicted molar refractivity (Wildman–Crippen MR) is 89.2 cm³/mol. The van der Waals surface area contributed by atoms with E-state index in [1.54, 1.807) is 24.0 Å². The van der Waals surface area contributed by atoms with Gasteiger partial charge in [0.1, 0.15) is 11.8 Å². The zero-order chi connectivity index (χ0) is 17.6. The van der Waals surface area contributed by atoms with Crippen molar-refractivity contribution in [2.75, 3.05) is 20.2 Å². The summed E-state index contributed by atoms with van der Waals surface area (Å²) in [5.41, 5.74) is 0.681. The van der Waals surface area contributed by atoms with Gasteiger partial charge in [0.05, 0.1) is 12.1 Å². The van der Waals surface area contributed by atoms with Gasteiger partial charge in [0, 0.05) is 37.1 Å². The monoisotopic (exact) mass is 362 g/mol. The number of amides is 1. The Labute approximate surface area is 145 Å². The molecule has 0 aliphatic heterocycles. The normalized spacial score (nSPS) is 12.1. The topological polar surface area (TPSA) is 78.9 Å². The van der Waals surface area contributed by atoms with E-state index in [1.165, 1.54) is 14.0 Å². The molecule has 8 heteroatoms. The number of ether oxygens (including phenoxy) is 1. The number of hydrogen-bond donors (Lipinski definition) is 2. The van der Waals surface area contributed by atoms with E-state index in [0.29, 0.717) is 34.4 Å². The minimum atomic E-state index is -0.958. The number of nitrogens with one attached hydrogen (secondary N) is 1. The van der Waals surface area contributed by atoms with Gasteiger partial charge in [0.15, 0.2) is 0 Å². The van der Waals surface area contributed by atoms with Gasteiger partial charge in [0.25, 0.3) is 0 Å². The molecule has 1 unspecified atom stereocenters. The van der Waals surface area contributed by atoms with Crippen LogP contribution in [0, 0.1) is 0 Å². The summed E-state index contributed by atoms with van der Waals surface area (Å²) in [5.74, 6) is -0.672. The molecule has 2 N–H and O–H groups in total. The minimum absolute atomic E-state index is 0.170. The third-order valence-corrected chi connectivity index (χ3v) is 3.84. The summed E-state index contributed by atoms with van der Waals surface area (Å²) in [5, 5.41) is 12.7. The van der Waals surface area contributed by atoms with Crippen LogP contribution in [0.1, 0.15) is 19.4 Å². The Morgan fingerprint density at radius 1 is 1.39 bits per heavy atom. The molecule has 0 radical (unpaired) electrons. The first-order valence-electron chi connectivity index (χ1n) is 6.99. The highest BCUT2D eigenvalue weighted by atomic mass is 35.5. The Hall–Kier alpha value is -1.50. The van der Waals surface area contributed by atoms with Crippen molar-refractivity contribution < 1.29 is 19.4 Å². The van der Waals surface area contributed by atoms with Gasteiger partial charge in [-0.2, -0.15) is 0 Å². The molecule has 1 amide bonds. The maximum Gasteiger partial charge on any atom is 0.320 e. The molecule has 0 spiro atoms. The average Bonchev–Trinajstić information content (AvgIpc) is 2.44. The van der Waals surface area contributed by atoms with Gasteiger partial charge in [0.2, 0.25) is 5.91 Å². The summed E-state index contributed by atoms with van der Waals surface area (Å²) in [7, 11) is 1.49. The smallest absolute Gasteiger partial charge is 0.320 e. The molecule has 0 aliphatic carbocycles. The summed E-state index contributed by atoms with van der Waals surface area (Å²) in [6, 6.07) is 2.51. The van der Waals surface area contributed by atoms with Gasteiger partial charge in [-0.1, -0.05) is 23.2 Å². The molecule has 0 saturated heterocycles. The first kappa shape index (κ1) is 19.5. The van der Waals surface area contributed by atoms with E-state index < -0.39 is 12.0 Å². The average molecular weight is 363 g/mol. The van der Waals surface area contributed by atoms with Gasteiger partial charge in [-0.3, -0.25) is 14.5 Å². The van der Waals surface area contributed by atoms with Crippen LogP contribution in [0.25, 0.3) is 0 Å². The number of carbonyl (C=O) groups is 2. The standard InChI is InChI=1S/C15H20Cl2N2O4/c1-9(15(21)22)19(5-4-18-10(2)20)8-11-6-12(16)7-13(17)14(11)23-3/h6-7,9H,4-5,8H2,1-3H3,(H,18,20)(H,21,22). The van der Waals surface area contributed by atoms with Crippen molar-refractivity contribution in [3.63, 3.8) is 0 Å². The van der Waals surface area contributed by atoms with E-state index in [9.17, 15) is 14.7 Å². The van der Waals surface area contributed by atoms with Crippen molar-refractivity contribution in [1.82, 2.24) is 10.2 Å². The molecule has 23 heavy (non-hydrogen) atoms. The number of aliphatic carboxylic acids is 1. The summed E-state index contributed by atoms with van der Waals surface area (Å²) >= 11 is 12.1. The molecule has 0 bridgehead atoms. The van der Waals surface area contributed by atoms with Gasteiger partial charge in [-0.15, -0.1) is 0 Å². The van der Waals surface area contributed by atoms with E-state index >= 15 is 0 Å². The van der Waals surface area contributed by atoms with E-state index in [1.807, 2.05) is 0 Å². The second-order valence-electron chi connectivity index (χ2n) is 5.05. The highest BCUT2D eigenvalue weighted by Gasteiger charge is 2.22. The zero-order valence-electron chi connectivity index (χ0n) is 13.2. The van der Waals surface area contributed by atoms with Crippen molar-refractivity contribution in [2.45, 2.75) is 26.4 Å². The fourth-order valence-electron chi connectivity index (χ4n) is 2.12. The second kappa shape index (κ2) is 8.96. The number of carboxylic acids is 1. The lowest BCUT2D eigenvalue weighted by molar-refractivity contribution is -0.142. The first-order chi connectivity index (χ1) is 10.8. The van der Waals surface area contributed by atoms with Crippen LogP contribution in [0.2, 0.25) is 10.0 Å². The number of halogens is 2. The summed E-state index contributed by atoms with van der Waals surface area (Å²) in [4.78, 5) is 24.0. The number of carboxylic acid groups (broad SMARTS) is 1. The molecular weight excluding hydrogens is 343 g/mol.